The van der Waals surface area contributed by atoms with E-state index in [0.717, 1.165) is 11.8 Å². The van der Waals surface area contributed by atoms with Crippen LogP contribution in [0.5, 0.6) is 0 Å². The number of Topliss-reactive ketones (excluding diaryl/α,β-unsaturated/α-hetero) is 1. The molecule has 2 atom stereocenters. The van der Waals surface area contributed by atoms with Gasteiger partial charge in [-0.05, 0) is 31.4 Å². The maximum Gasteiger partial charge on any atom is 0.268 e. The van der Waals surface area contributed by atoms with Gasteiger partial charge in [0.25, 0.3) is 5.91 Å². The highest BCUT2D eigenvalue weighted by molar-refractivity contribution is 6.35. The Hall–Kier alpha value is -2.91. The Labute approximate surface area is 177 Å². The van der Waals surface area contributed by atoms with Gasteiger partial charge in [-0.15, -0.1) is 0 Å². The highest BCUT2D eigenvalue weighted by Gasteiger charge is 2.29. The number of aromatic nitrogens is 1. The summed E-state index contributed by atoms with van der Waals surface area (Å²) in [6.45, 7) is -0.527. The van der Waals surface area contributed by atoms with Crippen molar-refractivity contribution in [1.29, 1.82) is 0 Å². The van der Waals surface area contributed by atoms with Gasteiger partial charge in [0, 0.05) is 17.8 Å². The fourth-order valence-corrected chi connectivity index (χ4v) is 3.70. The quantitative estimate of drug-likeness (QED) is 0.412. The van der Waals surface area contributed by atoms with Crippen LogP contribution in [0.2, 0.25) is 5.02 Å². The first-order chi connectivity index (χ1) is 14.4. The molecule has 0 aliphatic carbocycles. The number of benzene rings is 1. The molecule has 5 N–H and O–H groups in total. The summed E-state index contributed by atoms with van der Waals surface area (Å²) in [5, 5.41) is 18.1. The number of nitrogens with one attached hydrogen (secondary N) is 4. The third-order valence-electron chi connectivity index (χ3n) is 5.06. The van der Waals surface area contributed by atoms with E-state index in [9.17, 15) is 24.3 Å². The largest absolute Gasteiger partial charge is 0.389 e. The van der Waals surface area contributed by atoms with E-state index in [2.05, 4.69) is 20.9 Å². The number of hydrogen-bond acceptors (Lipinski definition) is 5. The maximum atomic E-state index is 12.3. The molecule has 1 saturated heterocycles. The van der Waals surface area contributed by atoms with Crippen molar-refractivity contribution in [3.8, 4) is 0 Å². The zero-order valence-corrected chi connectivity index (χ0v) is 16.9. The average Bonchev–Trinajstić information content (AvgIpc) is 3.18. The summed E-state index contributed by atoms with van der Waals surface area (Å²) in [4.78, 5) is 51.5. The lowest BCUT2D eigenvalue weighted by Crippen LogP contribution is -2.49. The summed E-state index contributed by atoms with van der Waals surface area (Å²) >= 11 is 6.09. The second-order valence-corrected chi connectivity index (χ2v) is 7.59. The first-order valence-corrected chi connectivity index (χ1v) is 10.0. The summed E-state index contributed by atoms with van der Waals surface area (Å²) in [7, 11) is 0. The van der Waals surface area contributed by atoms with E-state index in [4.69, 9.17) is 11.6 Å². The molecule has 30 heavy (non-hydrogen) atoms. The van der Waals surface area contributed by atoms with Crippen LogP contribution < -0.4 is 16.0 Å². The summed E-state index contributed by atoms with van der Waals surface area (Å²) in [6, 6.07) is 5.88. The van der Waals surface area contributed by atoms with Gasteiger partial charge in [-0.3, -0.25) is 19.2 Å². The topological polar surface area (TPSA) is 140 Å². The van der Waals surface area contributed by atoms with Crippen molar-refractivity contribution in [3.63, 3.8) is 0 Å². The van der Waals surface area contributed by atoms with Gasteiger partial charge in [0.15, 0.2) is 5.78 Å². The molecule has 0 saturated carbocycles. The molecule has 1 aliphatic rings. The van der Waals surface area contributed by atoms with Crippen LogP contribution in [0.1, 0.15) is 29.8 Å². The minimum Gasteiger partial charge on any atom is -0.389 e. The van der Waals surface area contributed by atoms with Crippen LogP contribution in [-0.2, 0) is 14.4 Å². The highest BCUT2D eigenvalue weighted by atomic mass is 35.5. The van der Waals surface area contributed by atoms with Crippen molar-refractivity contribution in [1.82, 2.24) is 20.9 Å². The summed E-state index contributed by atoms with van der Waals surface area (Å²) in [5.41, 5.74) is 0.862. The summed E-state index contributed by atoms with van der Waals surface area (Å²) in [5.74, 6) is -2.27. The third-order valence-corrected chi connectivity index (χ3v) is 5.37. The maximum absolute atomic E-state index is 12.3. The summed E-state index contributed by atoms with van der Waals surface area (Å²) < 4.78 is 0. The van der Waals surface area contributed by atoms with Crippen molar-refractivity contribution in [2.24, 2.45) is 5.92 Å². The molecule has 1 fully saturated rings. The van der Waals surface area contributed by atoms with E-state index in [1.165, 1.54) is 0 Å². The molecule has 0 spiro atoms. The van der Waals surface area contributed by atoms with Crippen LogP contribution in [0.3, 0.4) is 0 Å². The predicted molar refractivity (Wildman–Crippen MR) is 110 cm³/mol. The number of carbonyl (C=O) groups is 4. The monoisotopic (exact) mass is 434 g/mol. The van der Waals surface area contributed by atoms with E-state index in [1.54, 1.807) is 24.3 Å². The fraction of sp³-hybridized carbons (Fsp3) is 0.400. The Morgan fingerprint density at radius 1 is 1.30 bits per heavy atom. The Kier molecular flexibility index (Phi) is 7.07. The first kappa shape index (κ1) is 21.8. The normalized spacial score (nSPS) is 17.3. The number of hydrogen-bond donors (Lipinski definition) is 5. The minimum absolute atomic E-state index is 0.103. The zero-order chi connectivity index (χ0) is 21.7. The molecule has 3 rings (SSSR count). The molecule has 0 unspecified atom stereocenters. The minimum atomic E-state index is -1.000. The Bertz CT molecular complexity index is 973. The van der Waals surface area contributed by atoms with Gasteiger partial charge < -0.3 is 26.0 Å². The van der Waals surface area contributed by atoms with E-state index < -0.39 is 36.2 Å². The lowest BCUT2D eigenvalue weighted by atomic mass is 9.90. The zero-order valence-electron chi connectivity index (χ0n) is 16.2. The Morgan fingerprint density at radius 3 is 2.80 bits per heavy atom. The number of aliphatic hydroxyl groups excluding tert-OH is 1. The highest BCUT2D eigenvalue weighted by Crippen LogP contribution is 2.23. The van der Waals surface area contributed by atoms with Crippen molar-refractivity contribution >= 4 is 46.0 Å². The molecule has 1 aromatic heterocycles. The molecule has 3 amide bonds. The molecule has 9 nitrogen and oxygen atoms in total. The van der Waals surface area contributed by atoms with Gasteiger partial charge in [-0.2, -0.15) is 0 Å². The predicted octanol–water partition coefficient (Wildman–Crippen LogP) is 0.514. The molecule has 10 heteroatoms. The van der Waals surface area contributed by atoms with E-state index in [-0.39, 0.29) is 24.6 Å². The van der Waals surface area contributed by atoms with Crippen molar-refractivity contribution in [3.05, 3.63) is 35.0 Å². The standard InChI is InChI=1S/C20H23ClN4O5/c21-13-5-1-3-11-7-15(25-18(11)13)20(30)23-9-17(28)24-14(16(27)10-26)8-12-4-2-6-22-19(12)29/h1,3,5,7,12,14,25-26H,2,4,6,8-10H2,(H,22,29)(H,23,30)(H,24,28)/t12-,14-/m0/s1. The van der Waals surface area contributed by atoms with E-state index in [1.807, 2.05) is 0 Å². The number of aliphatic hydroxyl groups is 1. The molecule has 1 aromatic carbocycles. The van der Waals surface area contributed by atoms with Crippen molar-refractivity contribution in [2.45, 2.75) is 25.3 Å². The average molecular weight is 435 g/mol. The number of ketones is 1. The number of amides is 3. The number of rotatable bonds is 8. The van der Waals surface area contributed by atoms with Crippen LogP contribution in [0, 0.1) is 5.92 Å². The Balaban J connectivity index is 1.57. The van der Waals surface area contributed by atoms with Crippen LogP contribution in [0.4, 0.5) is 0 Å². The van der Waals surface area contributed by atoms with Crippen molar-refractivity contribution < 1.29 is 24.3 Å². The second-order valence-electron chi connectivity index (χ2n) is 7.18. The first-order valence-electron chi connectivity index (χ1n) is 9.65. The molecule has 2 heterocycles. The fourth-order valence-electron chi connectivity index (χ4n) is 3.47. The lowest BCUT2D eigenvalue weighted by Gasteiger charge is -2.26. The van der Waals surface area contributed by atoms with Gasteiger partial charge in [0.2, 0.25) is 11.8 Å². The third kappa shape index (κ3) is 5.17. The van der Waals surface area contributed by atoms with Crippen LogP contribution in [-0.4, -0.2) is 59.3 Å². The molecule has 2 aromatic rings. The smallest absolute Gasteiger partial charge is 0.268 e. The van der Waals surface area contributed by atoms with E-state index >= 15 is 0 Å². The van der Waals surface area contributed by atoms with E-state index in [0.29, 0.717) is 23.5 Å². The van der Waals surface area contributed by atoms with Gasteiger partial charge in [-0.25, -0.2) is 0 Å². The molecule has 160 valence electrons. The Morgan fingerprint density at radius 2 is 2.10 bits per heavy atom. The number of fused-ring (bicyclic) bond motifs is 1. The molecule has 0 radical (unpaired) electrons. The molecular weight excluding hydrogens is 412 g/mol. The van der Waals surface area contributed by atoms with Crippen LogP contribution >= 0.6 is 11.6 Å². The van der Waals surface area contributed by atoms with Crippen LogP contribution in [0.25, 0.3) is 10.9 Å². The number of halogens is 1. The summed E-state index contributed by atoms with van der Waals surface area (Å²) in [6.07, 6.45) is 1.50. The van der Waals surface area contributed by atoms with Gasteiger partial charge in [0.05, 0.1) is 23.1 Å². The van der Waals surface area contributed by atoms with Gasteiger partial charge in [-0.1, -0.05) is 23.7 Å². The molecule has 0 bridgehead atoms. The van der Waals surface area contributed by atoms with Gasteiger partial charge in [0.1, 0.15) is 12.3 Å². The van der Waals surface area contributed by atoms with Crippen LogP contribution in [0.15, 0.2) is 24.3 Å². The lowest BCUT2D eigenvalue weighted by molar-refractivity contribution is -0.131. The van der Waals surface area contributed by atoms with Gasteiger partial charge >= 0.3 is 0 Å². The number of para-hydroxylation sites is 1. The molecule has 1 aliphatic heterocycles. The van der Waals surface area contributed by atoms with Crippen molar-refractivity contribution in [2.75, 3.05) is 19.7 Å². The number of carbonyl (C=O) groups excluding carboxylic acids is 4. The second kappa shape index (κ2) is 9.73. The molecular formula is C20H23ClN4O5. The number of aromatic amines is 1. The number of H-pyrrole nitrogens is 1. The SMILES string of the molecule is O=C(CNC(=O)c1cc2cccc(Cl)c2[nH]1)N[C@@H](C[C@@H]1CCCNC1=O)C(=O)CO. The number of piperidine rings is 1.